The molecule has 2 aromatic heterocycles. The highest BCUT2D eigenvalue weighted by Crippen LogP contribution is 2.40. The van der Waals surface area contributed by atoms with Gasteiger partial charge in [0.25, 0.3) is 6.02 Å². The van der Waals surface area contributed by atoms with Crippen LogP contribution < -0.4 is 5.73 Å². The van der Waals surface area contributed by atoms with Gasteiger partial charge in [-0.25, -0.2) is 15.0 Å². The second-order valence-corrected chi connectivity index (χ2v) is 10.0. The van der Waals surface area contributed by atoms with Crippen LogP contribution in [0.4, 0.5) is 0 Å². The molecule has 1 fully saturated rings. The summed E-state index contributed by atoms with van der Waals surface area (Å²) in [5.41, 5.74) is 9.17. The van der Waals surface area contributed by atoms with Crippen molar-refractivity contribution in [2.24, 2.45) is 10.7 Å². The maximum absolute atomic E-state index is 8.34. The summed E-state index contributed by atoms with van der Waals surface area (Å²) in [6.07, 6.45) is 6.25. The van der Waals surface area contributed by atoms with Crippen molar-refractivity contribution in [3.63, 3.8) is 0 Å². The van der Waals surface area contributed by atoms with Crippen LogP contribution in [0.1, 0.15) is 50.8 Å². The fourth-order valence-corrected chi connectivity index (χ4v) is 4.56. The Kier molecular flexibility index (Phi) is 5.75. The third-order valence-electron chi connectivity index (χ3n) is 4.67. The molecule has 1 aromatic carbocycles. The number of nitrogens with two attached hydrogens (primary N) is 1. The van der Waals surface area contributed by atoms with Gasteiger partial charge in [-0.3, -0.25) is 9.38 Å². The van der Waals surface area contributed by atoms with Crippen LogP contribution in [-0.2, 0) is 4.74 Å². The zero-order chi connectivity index (χ0) is 21.5. The Hall–Kier alpha value is -2.14. The first kappa shape index (κ1) is 21.1. The Bertz CT molecular complexity index is 1150. The summed E-state index contributed by atoms with van der Waals surface area (Å²) < 4.78 is 7.54. The maximum atomic E-state index is 8.34. The normalized spacial score (nSPS) is 14.9. The number of rotatable bonds is 4. The summed E-state index contributed by atoms with van der Waals surface area (Å²) in [6, 6.07) is 7.73. The van der Waals surface area contributed by atoms with Crippen molar-refractivity contribution in [1.29, 1.82) is 5.41 Å². The molecule has 3 aromatic rings. The summed E-state index contributed by atoms with van der Waals surface area (Å²) >= 11 is 2.25. The minimum absolute atomic E-state index is 0.0197. The Morgan fingerprint density at radius 3 is 2.77 bits per heavy atom. The third kappa shape index (κ3) is 4.61. The number of aliphatic imine (C=N–C) groups is 1. The number of hydrogen-bond donors (Lipinski definition) is 2. The molecule has 0 saturated heterocycles. The molecule has 2 heterocycles. The topological polar surface area (TPSA) is 102 Å². The zero-order valence-electron chi connectivity index (χ0n) is 17.0. The van der Waals surface area contributed by atoms with Crippen LogP contribution in [0.2, 0.25) is 0 Å². The fraction of sp³-hybridized carbons (Fsp3) is 0.333. The summed E-state index contributed by atoms with van der Waals surface area (Å²) in [5, 5.41) is 9.30. The average Bonchev–Trinajstić information content (AvgIpc) is 3.47. The summed E-state index contributed by atoms with van der Waals surface area (Å²) in [5.74, 6) is 1.21. The molecule has 7 nitrogen and oxygen atoms in total. The minimum atomic E-state index is -0.375. The van der Waals surface area contributed by atoms with E-state index in [4.69, 9.17) is 20.9 Å². The predicted octanol–water partition coefficient (Wildman–Crippen LogP) is 5.28. The van der Waals surface area contributed by atoms with Crippen LogP contribution in [0, 0.1) is 5.41 Å². The maximum Gasteiger partial charge on any atom is 0.289 e. The highest BCUT2D eigenvalue weighted by Gasteiger charge is 2.26. The van der Waals surface area contributed by atoms with Gasteiger partial charge in [-0.2, -0.15) is 0 Å². The second-order valence-electron chi connectivity index (χ2n) is 8.30. The molecule has 9 heteroatoms. The molecule has 30 heavy (non-hydrogen) atoms. The minimum Gasteiger partial charge on any atom is -0.407 e. The van der Waals surface area contributed by atoms with Crippen LogP contribution in [0.25, 0.3) is 22.3 Å². The van der Waals surface area contributed by atoms with E-state index in [2.05, 4.69) is 35.2 Å². The van der Waals surface area contributed by atoms with Gasteiger partial charge in [0.1, 0.15) is 0 Å². The molecule has 0 amide bonds. The molecule has 0 atom stereocenters. The van der Waals surface area contributed by atoms with Crippen LogP contribution >= 0.6 is 30.3 Å². The van der Waals surface area contributed by atoms with Gasteiger partial charge < -0.3 is 10.5 Å². The molecule has 3 N–H and O–H groups in total. The Labute approximate surface area is 191 Å². The standard InChI is InChI=1S/C21H23IN6OS/c1-21(2,3)27-20(24)29-18(23)13-6-7-17-14(10-13)15(11-28(17)30-22)19-25-9-8-16(26-19)12-4-5-12/h6-12,23H,4-5H2,1-3H3,(H2,24,27). The Morgan fingerprint density at radius 1 is 1.33 bits per heavy atom. The number of ether oxygens (including phenoxy) is 1. The molecule has 0 unspecified atom stereocenters. The Balaban J connectivity index is 1.73. The first-order valence-electron chi connectivity index (χ1n) is 9.65. The number of benzene rings is 1. The molecule has 1 aliphatic rings. The van der Waals surface area contributed by atoms with Crippen LogP contribution in [0.3, 0.4) is 0 Å². The summed E-state index contributed by atoms with van der Waals surface area (Å²) in [6.45, 7) is 5.77. The molecule has 0 radical (unpaired) electrons. The summed E-state index contributed by atoms with van der Waals surface area (Å²) in [7, 11) is 1.57. The van der Waals surface area contributed by atoms with Crippen molar-refractivity contribution in [2.75, 3.05) is 0 Å². The molecule has 0 bridgehead atoms. The molecular weight excluding hydrogens is 511 g/mol. The van der Waals surface area contributed by atoms with Crippen LogP contribution in [0.15, 0.2) is 41.7 Å². The van der Waals surface area contributed by atoms with E-state index in [9.17, 15) is 0 Å². The van der Waals surface area contributed by atoms with E-state index in [1.54, 1.807) is 9.12 Å². The van der Waals surface area contributed by atoms with E-state index in [-0.39, 0.29) is 17.5 Å². The first-order chi connectivity index (χ1) is 14.2. The highest BCUT2D eigenvalue weighted by molar-refractivity contribution is 14.2. The lowest BCUT2D eigenvalue weighted by Crippen LogP contribution is -2.25. The molecule has 4 rings (SSSR count). The molecule has 1 aliphatic carbocycles. The van der Waals surface area contributed by atoms with Gasteiger partial charge in [-0.05, 0) is 57.9 Å². The highest BCUT2D eigenvalue weighted by atomic mass is 127. The monoisotopic (exact) mass is 534 g/mol. The van der Waals surface area contributed by atoms with Crippen molar-refractivity contribution < 1.29 is 4.74 Å². The summed E-state index contributed by atoms with van der Waals surface area (Å²) in [4.78, 5) is 13.6. The number of fused-ring (bicyclic) bond motifs is 1. The van der Waals surface area contributed by atoms with Gasteiger partial charge in [-0.1, -0.05) is 0 Å². The van der Waals surface area contributed by atoms with Crippen molar-refractivity contribution in [3.8, 4) is 11.4 Å². The lowest BCUT2D eigenvalue weighted by molar-refractivity contribution is 0.495. The fourth-order valence-electron chi connectivity index (χ4n) is 3.20. The third-order valence-corrected chi connectivity index (χ3v) is 6.40. The van der Waals surface area contributed by atoms with Gasteiger partial charge in [0.05, 0.1) is 11.1 Å². The van der Waals surface area contributed by atoms with Gasteiger partial charge in [0, 0.05) is 70.8 Å². The zero-order valence-corrected chi connectivity index (χ0v) is 20.0. The molecular formula is C21H23IN6OS. The van der Waals surface area contributed by atoms with E-state index < -0.39 is 0 Å². The van der Waals surface area contributed by atoms with Gasteiger partial charge in [-0.15, -0.1) is 0 Å². The van der Waals surface area contributed by atoms with Gasteiger partial charge in [0.2, 0.25) is 5.90 Å². The van der Waals surface area contributed by atoms with Gasteiger partial charge >= 0.3 is 0 Å². The van der Waals surface area contributed by atoms with E-state index in [1.165, 1.54) is 12.8 Å². The number of halogens is 1. The van der Waals surface area contributed by atoms with E-state index in [0.717, 1.165) is 22.2 Å². The lowest BCUT2D eigenvalue weighted by Gasteiger charge is -2.14. The van der Waals surface area contributed by atoms with Crippen molar-refractivity contribution >= 4 is 53.1 Å². The van der Waals surface area contributed by atoms with Crippen molar-refractivity contribution in [2.45, 2.75) is 45.1 Å². The number of aromatic nitrogens is 3. The molecule has 1 saturated carbocycles. The Morgan fingerprint density at radius 2 is 2.10 bits per heavy atom. The predicted molar refractivity (Wildman–Crippen MR) is 131 cm³/mol. The average molecular weight is 534 g/mol. The smallest absolute Gasteiger partial charge is 0.289 e. The van der Waals surface area contributed by atoms with Crippen molar-refractivity contribution in [1.82, 2.24) is 13.9 Å². The number of amidine groups is 1. The molecule has 156 valence electrons. The number of hydrogen-bond acceptors (Lipinski definition) is 6. The second kappa shape index (κ2) is 8.18. The van der Waals surface area contributed by atoms with E-state index in [0.29, 0.717) is 17.3 Å². The SMILES string of the molecule is CC(C)(C)N=C(N)OC(=N)c1ccc2c(c1)c(-c1nccc(C3CC3)n1)cn2SI. The first-order valence-corrected chi connectivity index (χ1v) is 13.0. The molecule has 0 aliphatic heterocycles. The van der Waals surface area contributed by atoms with E-state index in [1.807, 2.05) is 57.4 Å². The van der Waals surface area contributed by atoms with Crippen LogP contribution in [0.5, 0.6) is 0 Å². The largest absolute Gasteiger partial charge is 0.407 e. The van der Waals surface area contributed by atoms with Gasteiger partial charge in [0.15, 0.2) is 5.82 Å². The lowest BCUT2D eigenvalue weighted by atomic mass is 10.1. The van der Waals surface area contributed by atoms with E-state index >= 15 is 0 Å². The van der Waals surface area contributed by atoms with Crippen molar-refractivity contribution in [3.05, 3.63) is 47.9 Å². The number of nitrogens with one attached hydrogen (secondary N) is 1. The molecule has 0 spiro atoms. The number of nitrogens with zero attached hydrogens (tertiary/aromatic N) is 4. The van der Waals surface area contributed by atoms with Crippen LogP contribution in [-0.4, -0.2) is 31.4 Å². The quantitative estimate of drug-likeness (QED) is 0.270.